The summed E-state index contributed by atoms with van der Waals surface area (Å²) in [5, 5.41) is 4.05. The molecule has 6 nitrogen and oxygen atoms in total. The number of ether oxygens (including phenoxy) is 2. The average molecular weight is 261 g/mol. The number of aryl methyl sites for hydroxylation is 1. The van der Waals surface area contributed by atoms with Crippen molar-refractivity contribution in [2.24, 2.45) is 0 Å². The number of aldehydes is 1. The molecule has 0 aliphatic rings. The molecule has 0 radical (unpaired) electrons. The predicted molar refractivity (Wildman–Crippen MR) is 68.4 cm³/mol. The number of hydrogen-bond acceptors (Lipinski definition) is 5. The summed E-state index contributed by atoms with van der Waals surface area (Å²) >= 11 is 0. The maximum Gasteiger partial charge on any atom is 0.164 e. The molecule has 0 atom stereocenters. The smallest absolute Gasteiger partial charge is 0.164 e. The lowest BCUT2D eigenvalue weighted by Crippen LogP contribution is -2.08. The van der Waals surface area contributed by atoms with Crippen LogP contribution >= 0.6 is 0 Å². The molecule has 6 heteroatoms. The molecular formula is C13H15N3O3. The third-order valence-corrected chi connectivity index (χ3v) is 2.70. The first kappa shape index (κ1) is 13.1. The van der Waals surface area contributed by atoms with E-state index in [1.807, 2.05) is 6.92 Å². The number of hydrogen-bond donors (Lipinski definition) is 0. The minimum atomic E-state index is 0.252. The van der Waals surface area contributed by atoms with Crippen molar-refractivity contribution in [3.63, 3.8) is 0 Å². The second-order valence-electron chi connectivity index (χ2n) is 3.80. The standard InChI is InChI=1S/C13H15N3O3/c1-3-16-13(14-9-15-16)8-19-12-6-11(18-2)5-4-10(12)7-17/h4-7,9H,3,8H2,1-2H3. The molecule has 100 valence electrons. The van der Waals surface area contributed by atoms with Crippen LogP contribution in [0, 0.1) is 0 Å². The van der Waals surface area contributed by atoms with E-state index >= 15 is 0 Å². The van der Waals surface area contributed by atoms with Gasteiger partial charge in [-0.25, -0.2) is 9.67 Å². The maximum atomic E-state index is 11.0. The first-order valence-electron chi connectivity index (χ1n) is 5.91. The molecule has 0 N–H and O–H groups in total. The average Bonchev–Trinajstić information content (AvgIpc) is 2.92. The van der Waals surface area contributed by atoms with E-state index in [4.69, 9.17) is 9.47 Å². The molecule has 1 heterocycles. The Morgan fingerprint density at radius 1 is 1.42 bits per heavy atom. The van der Waals surface area contributed by atoms with Crippen LogP contribution in [0.4, 0.5) is 0 Å². The van der Waals surface area contributed by atoms with E-state index in [1.165, 1.54) is 6.33 Å². The molecule has 19 heavy (non-hydrogen) atoms. The van der Waals surface area contributed by atoms with Gasteiger partial charge in [0.25, 0.3) is 0 Å². The highest BCUT2D eigenvalue weighted by molar-refractivity contribution is 5.79. The molecular weight excluding hydrogens is 246 g/mol. The monoisotopic (exact) mass is 261 g/mol. The Balaban J connectivity index is 2.16. The van der Waals surface area contributed by atoms with Crippen LogP contribution in [0.2, 0.25) is 0 Å². The van der Waals surface area contributed by atoms with Gasteiger partial charge in [0.2, 0.25) is 0 Å². The quantitative estimate of drug-likeness (QED) is 0.740. The summed E-state index contributed by atoms with van der Waals surface area (Å²) in [6, 6.07) is 5.05. The molecule has 2 rings (SSSR count). The summed E-state index contributed by atoms with van der Waals surface area (Å²) in [6.07, 6.45) is 2.23. The van der Waals surface area contributed by atoms with Crippen molar-refractivity contribution in [2.75, 3.05) is 7.11 Å². The number of benzene rings is 1. The van der Waals surface area contributed by atoms with Crippen LogP contribution in [-0.4, -0.2) is 28.2 Å². The van der Waals surface area contributed by atoms with Gasteiger partial charge in [-0.3, -0.25) is 4.79 Å². The lowest BCUT2D eigenvalue weighted by atomic mass is 10.2. The number of rotatable bonds is 6. The summed E-state index contributed by atoms with van der Waals surface area (Å²) in [5.41, 5.74) is 0.475. The Bertz CT molecular complexity index is 566. The SMILES string of the molecule is CCn1ncnc1COc1cc(OC)ccc1C=O. The summed E-state index contributed by atoms with van der Waals surface area (Å²) in [4.78, 5) is 15.1. The van der Waals surface area contributed by atoms with Gasteiger partial charge in [0.15, 0.2) is 12.1 Å². The van der Waals surface area contributed by atoms with Gasteiger partial charge in [0.05, 0.1) is 12.7 Å². The topological polar surface area (TPSA) is 66.2 Å². The lowest BCUT2D eigenvalue weighted by Gasteiger charge is -2.10. The highest BCUT2D eigenvalue weighted by Gasteiger charge is 2.08. The van der Waals surface area contributed by atoms with Crippen LogP contribution < -0.4 is 9.47 Å². The number of carbonyl (C=O) groups excluding carboxylic acids is 1. The minimum absolute atomic E-state index is 0.252. The van der Waals surface area contributed by atoms with Crippen LogP contribution in [0.25, 0.3) is 0 Å². The normalized spacial score (nSPS) is 10.2. The van der Waals surface area contributed by atoms with Crippen molar-refractivity contribution in [1.82, 2.24) is 14.8 Å². The number of nitrogens with zero attached hydrogens (tertiary/aromatic N) is 3. The van der Waals surface area contributed by atoms with Gasteiger partial charge in [-0.05, 0) is 19.1 Å². The first-order chi connectivity index (χ1) is 9.28. The fourth-order valence-corrected chi connectivity index (χ4v) is 1.67. The van der Waals surface area contributed by atoms with Gasteiger partial charge in [-0.1, -0.05) is 0 Å². The van der Waals surface area contributed by atoms with E-state index in [2.05, 4.69) is 10.1 Å². The summed E-state index contributed by atoms with van der Waals surface area (Å²) in [7, 11) is 1.56. The molecule has 0 aliphatic heterocycles. The Morgan fingerprint density at radius 3 is 2.95 bits per heavy atom. The van der Waals surface area contributed by atoms with E-state index in [1.54, 1.807) is 30.0 Å². The zero-order chi connectivity index (χ0) is 13.7. The number of methoxy groups -OCH3 is 1. The van der Waals surface area contributed by atoms with Crippen molar-refractivity contribution in [2.45, 2.75) is 20.1 Å². The van der Waals surface area contributed by atoms with Gasteiger partial charge < -0.3 is 9.47 Å². The fraction of sp³-hybridized carbons (Fsp3) is 0.308. The van der Waals surface area contributed by atoms with Crippen LogP contribution in [0.1, 0.15) is 23.1 Å². The highest BCUT2D eigenvalue weighted by atomic mass is 16.5. The molecule has 0 fully saturated rings. The zero-order valence-corrected chi connectivity index (χ0v) is 10.9. The van der Waals surface area contributed by atoms with Crippen molar-refractivity contribution < 1.29 is 14.3 Å². The largest absolute Gasteiger partial charge is 0.497 e. The molecule has 1 aromatic carbocycles. The van der Waals surface area contributed by atoms with Gasteiger partial charge >= 0.3 is 0 Å². The molecule has 0 saturated heterocycles. The summed E-state index contributed by atoms with van der Waals surface area (Å²) < 4.78 is 12.5. The van der Waals surface area contributed by atoms with Crippen LogP contribution in [-0.2, 0) is 13.2 Å². The number of carbonyl (C=O) groups is 1. The first-order valence-corrected chi connectivity index (χ1v) is 5.91. The molecule has 0 aliphatic carbocycles. The fourth-order valence-electron chi connectivity index (χ4n) is 1.67. The third kappa shape index (κ3) is 2.90. The highest BCUT2D eigenvalue weighted by Crippen LogP contribution is 2.24. The van der Waals surface area contributed by atoms with E-state index in [0.717, 1.165) is 12.8 Å². The van der Waals surface area contributed by atoms with E-state index in [9.17, 15) is 4.79 Å². The third-order valence-electron chi connectivity index (χ3n) is 2.70. The molecule has 0 spiro atoms. The minimum Gasteiger partial charge on any atom is -0.497 e. The second-order valence-corrected chi connectivity index (χ2v) is 3.80. The van der Waals surface area contributed by atoms with Gasteiger partial charge in [0, 0.05) is 12.6 Å². The predicted octanol–water partition coefficient (Wildman–Crippen LogP) is 1.70. The van der Waals surface area contributed by atoms with Crippen LogP contribution in [0.5, 0.6) is 11.5 Å². The van der Waals surface area contributed by atoms with Crippen molar-refractivity contribution in [3.8, 4) is 11.5 Å². The van der Waals surface area contributed by atoms with Gasteiger partial charge in [0.1, 0.15) is 24.4 Å². The number of aromatic nitrogens is 3. The summed E-state index contributed by atoms with van der Waals surface area (Å²) in [5.74, 6) is 1.82. The van der Waals surface area contributed by atoms with E-state index in [0.29, 0.717) is 22.9 Å². The van der Waals surface area contributed by atoms with Crippen LogP contribution in [0.15, 0.2) is 24.5 Å². The maximum absolute atomic E-state index is 11.0. The van der Waals surface area contributed by atoms with Gasteiger partial charge in [-0.2, -0.15) is 5.10 Å². The molecule has 1 aromatic heterocycles. The molecule has 0 bridgehead atoms. The Kier molecular flexibility index (Phi) is 4.12. The van der Waals surface area contributed by atoms with Gasteiger partial charge in [-0.15, -0.1) is 0 Å². The Morgan fingerprint density at radius 2 is 2.26 bits per heavy atom. The Hall–Kier alpha value is -2.37. The molecule has 0 saturated carbocycles. The van der Waals surface area contributed by atoms with Crippen molar-refractivity contribution in [1.29, 1.82) is 0 Å². The summed E-state index contributed by atoms with van der Waals surface area (Å²) in [6.45, 7) is 2.94. The molecule has 2 aromatic rings. The zero-order valence-electron chi connectivity index (χ0n) is 10.9. The van der Waals surface area contributed by atoms with Crippen molar-refractivity contribution >= 4 is 6.29 Å². The van der Waals surface area contributed by atoms with E-state index in [-0.39, 0.29) is 6.61 Å². The second kappa shape index (κ2) is 5.99. The molecule has 0 unspecified atom stereocenters. The van der Waals surface area contributed by atoms with E-state index < -0.39 is 0 Å². The lowest BCUT2D eigenvalue weighted by molar-refractivity contribution is 0.111. The van der Waals surface area contributed by atoms with Crippen LogP contribution in [0.3, 0.4) is 0 Å². The van der Waals surface area contributed by atoms with Crippen molar-refractivity contribution in [3.05, 3.63) is 35.9 Å². The Labute approximate surface area is 111 Å². The molecule has 0 amide bonds.